The molecule has 0 aliphatic heterocycles. The highest BCUT2D eigenvalue weighted by Gasteiger charge is 2.19. The highest BCUT2D eigenvalue weighted by atomic mass is 127. The third kappa shape index (κ3) is 2.35. The molecule has 0 aliphatic rings. The van der Waals surface area contributed by atoms with Crippen LogP contribution in [-0.4, -0.2) is 10.1 Å². The van der Waals surface area contributed by atoms with Crippen LogP contribution in [0.25, 0.3) is 0 Å². The van der Waals surface area contributed by atoms with E-state index in [2.05, 4.69) is 20.9 Å². The lowest BCUT2D eigenvalue weighted by Crippen LogP contribution is -2.01. The van der Waals surface area contributed by atoms with E-state index in [0.717, 1.165) is 0 Å². The number of hydrogen-bond acceptors (Lipinski definition) is 2. The largest absolute Gasteiger partial charge is 0.390 e. The third-order valence-electron chi connectivity index (χ3n) is 1.46. The summed E-state index contributed by atoms with van der Waals surface area (Å²) in [5, 5.41) is 8.77. The van der Waals surface area contributed by atoms with Gasteiger partial charge in [-0.25, -0.2) is 8.78 Å². The number of hydrogen-bond donors (Lipinski definition) is 1. The van der Waals surface area contributed by atoms with E-state index in [1.807, 2.05) is 0 Å². The predicted molar refractivity (Wildman–Crippen MR) is 55.5 cm³/mol. The van der Waals surface area contributed by atoms with Crippen molar-refractivity contribution in [2.24, 2.45) is 0 Å². The van der Waals surface area contributed by atoms with Crippen molar-refractivity contribution in [3.63, 3.8) is 0 Å². The molecule has 13 heavy (non-hydrogen) atoms. The number of halogens is 4. The first-order valence-corrected chi connectivity index (χ1v) is 5.17. The van der Waals surface area contributed by atoms with Crippen molar-refractivity contribution in [3.8, 4) is 0 Å². The fourth-order valence-electron chi connectivity index (χ4n) is 0.864. The fourth-order valence-corrected chi connectivity index (χ4v) is 1.87. The lowest BCUT2D eigenvalue weighted by atomic mass is 10.2. The second kappa shape index (κ2) is 4.61. The van der Waals surface area contributed by atoms with Gasteiger partial charge in [-0.1, -0.05) is 0 Å². The molecule has 6 heteroatoms. The smallest absolute Gasteiger partial charge is 0.266 e. The Morgan fingerprint density at radius 1 is 1.62 bits per heavy atom. The maximum atomic E-state index is 12.5. The molecule has 1 N–H and O–H groups in total. The summed E-state index contributed by atoms with van der Waals surface area (Å²) < 4.78 is 25.9. The number of aromatic nitrogens is 1. The Hall–Kier alpha value is 0.180. The minimum atomic E-state index is -2.61. The van der Waals surface area contributed by atoms with Crippen LogP contribution in [0.4, 0.5) is 8.78 Å². The molecule has 0 bridgehead atoms. The minimum absolute atomic E-state index is 0.0302. The summed E-state index contributed by atoms with van der Waals surface area (Å²) in [6, 6.07) is 0. The minimum Gasteiger partial charge on any atom is -0.390 e. The summed E-state index contributed by atoms with van der Waals surface area (Å²) >= 11 is 4.88. The van der Waals surface area contributed by atoms with Gasteiger partial charge in [0.05, 0.1) is 17.9 Å². The molecule has 0 spiro atoms. The average Bonchev–Trinajstić information content (AvgIpc) is 2.08. The summed E-state index contributed by atoms with van der Waals surface area (Å²) in [6.07, 6.45) is -1.21. The quantitative estimate of drug-likeness (QED) is 0.819. The van der Waals surface area contributed by atoms with Crippen LogP contribution in [0.1, 0.15) is 17.7 Å². The van der Waals surface area contributed by atoms with Crippen LogP contribution >= 0.6 is 38.5 Å². The first kappa shape index (κ1) is 11.3. The number of alkyl halides is 2. The topological polar surface area (TPSA) is 33.1 Å². The molecule has 1 aromatic heterocycles. The predicted octanol–water partition coefficient (Wildman–Crippen LogP) is 2.88. The molecule has 1 aromatic rings. The monoisotopic (exact) mass is 363 g/mol. The normalized spacial score (nSPS) is 10.9. The molecule has 0 amide bonds. The van der Waals surface area contributed by atoms with Crippen LogP contribution in [0.2, 0.25) is 0 Å². The molecule has 0 atom stereocenters. The molecular weight excluding hydrogens is 359 g/mol. The van der Waals surface area contributed by atoms with Gasteiger partial charge in [-0.15, -0.1) is 0 Å². The number of nitrogens with zero attached hydrogens (tertiary/aromatic N) is 1. The lowest BCUT2D eigenvalue weighted by molar-refractivity contribution is 0.145. The number of pyridine rings is 1. The zero-order chi connectivity index (χ0) is 10.0. The molecule has 0 aliphatic carbocycles. The molecule has 0 unspecified atom stereocenters. The van der Waals surface area contributed by atoms with Crippen LogP contribution in [0, 0.1) is 3.57 Å². The van der Waals surface area contributed by atoms with Gasteiger partial charge < -0.3 is 5.11 Å². The molecule has 72 valence electrons. The van der Waals surface area contributed by atoms with Crippen LogP contribution in [-0.2, 0) is 6.61 Å². The Morgan fingerprint density at radius 2 is 2.23 bits per heavy atom. The van der Waals surface area contributed by atoms with E-state index in [1.165, 1.54) is 6.20 Å². The van der Waals surface area contributed by atoms with Crippen LogP contribution < -0.4 is 0 Å². The Kier molecular flexibility index (Phi) is 3.99. The molecule has 1 rings (SSSR count). The van der Waals surface area contributed by atoms with Crippen molar-refractivity contribution in [2.75, 3.05) is 0 Å². The molecule has 1 heterocycles. The van der Waals surface area contributed by atoms with Crippen molar-refractivity contribution >= 4 is 38.5 Å². The Bertz CT molecular complexity index is 322. The first-order chi connectivity index (χ1) is 6.07. The Balaban J connectivity index is 3.32. The first-order valence-electron chi connectivity index (χ1n) is 3.29. The van der Waals surface area contributed by atoms with E-state index >= 15 is 0 Å². The van der Waals surface area contributed by atoms with Gasteiger partial charge in [-0.05, 0) is 38.5 Å². The second-order valence-electron chi connectivity index (χ2n) is 2.24. The van der Waals surface area contributed by atoms with Crippen molar-refractivity contribution in [3.05, 3.63) is 25.5 Å². The number of aliphatic hydroxyl groups excluding tert-OH is 1. The van der Waals surface area contributed by atoms with Crippen molar-refractivity contribution in [1.29, 1.82) is 0 Å². The van der Waals surface area contributed by atoms with E-state index in [9.17, 15) is 8.78 Å². The van der Waals surface area contributed by atoms with Crippen molar-refractivity contribution in [1.82, 2.24) is 4.98 Å². The molecule has 0 saturated carbocycles. The van der Waals surface area contributed by atoms with Crippen molar-refractivity contribution in [2.45, 2.75) is 13.0 Å². The van der Waals surface area contributed by atoms with Gasteiger partial charge in [-0.2, -0.15) is 0 Å². The van der Waals surface area contributed by atoms with E-state index in [4.69, 9.17) is 5.11 Å². The van der Waals surface area contributed by atoms with E-state index in [1.54, 1.807) is 22.6 Å². The molecule has 0 fully saturated rings. The standard InChI is InChI=1S/C7H5BrF2INO/c8-3-1-12-4(2-13)5(6(3)11)7(9)10/h1,7,13H,2H2. The van der Waals surface area contributed by atoms with Gasteiger partial charge in [0.2, 0.25) is 0 Å². The van der Waals surface area contributed by atoms with Crippen LogP contribution in [0.5, 0.6) is 0 Å². The lowest BCUT2D eigenvalue weighted by Gasteiger charge is -2.08. The SMILES string of the molecule is OCc1ncc(Br)c(I)c1C(F)F. The van der Waals surface area contributed by atoms with Gasteiger partial charge in [0.1, 0.15) is 0 Å². The maximum Gasteiger partial charge on any atom is 0.266 e. The van der Waals surface area contributed by atoms with Gasteiger partial charge >= 0.3 is 0 Å². The van der Waals surface area contributed by atoms with Gasteiger partial charge in [0, 0.05) is 14.2 Å². The molecule has 0 aromatic carbocycles. The Labute approximate surface area is 95.6 Å². The third-order valence-corrected chi connectivity index (χ3v) is 3.96. The van der Waals surface area contributed by atoms with E-state index in [-0.39, 0.29) is 11.3 Å². The van der Waals surface area contributed by atoms with Crippen LogP contribution in [0.3, 0.4) is 0 Å². The highest BCUT2D eigenvalue weighted by Crippen LogP contribution is 2.31. The number of aliphatic hydroxyl groups is 1. The molecule has 0 saturated heterocycles. The fraction of sp³-hybridized carbons (Fsp3) is 0.286. The Morgan fingerprint density at radius 3 is 2.69 bits per heavy atom. The zero-order valence-electron chi connectivity index (χ0n) is 6.27. The van der Waals surface area contributed by atoms with Gasteiger partial charge in [0.25, 0.3) is 6.43 Å². The molecule has 0 radical (unpaired) electrons. The van der Waals surface area contributed by atoms with Gasteiger partial charge in [0.15, 0.2) is 0 Å². The average molecular weight is 364 g/mol. The summed E-state index contributed by atoms with van der Waals surface area (Å²) in [7, 11) is 0. The summed E-state index contributed by atoms with van der Waals surface area (Å²) in [5.74, 6) is 0. The summed E-state index contributed by atoms with van der Waals surface area (Å²) in [6.45, 7) is -0.469. The van der Waals surface area contributed by atoms with Crippen molar-refractivity contribution < 1.29 is 13.9 Å². The van der Waals surface area contributed by atoms with Crippen LogP contribution in [0.15, 0.2) is 10.7 Å². The van der Waals surface area contributed by atoms with Gasteiger partial charge in [-0.3, -0.25) is 4.98 Å². The van der Waals surface area contributed by atoms with E-state index < -0.39 is 13.0 Å². The second-order valence-corrected chi connectivity index (χ2v) is 4.17. The maximum absolute atomic E-state index is 12.5. The highest BCUT2D eigenvalue weighted by molar-refractivity contribution is 14.1. The zero-order valence-corrected chi connectivity index (χ0v) is 10.0. The summed E-state index contributed by atoms with van der Waals surface area (Å²) in [4.78, 5) is 3.70. The molecule has 2 nitrogen and oxygen atoms in total. The number of rotatable bonds is 2. The summed E-state index contributed by atoms with van der Waals surface area (Å²) in [5.41, 5.74) is -0.167. The van der Waals surface area contributed by atoms with E-state index in [0.29, 0.717) is 8.04 Å². The molecular formula is C7H5BrF2INO.